The van der Waals surface area contributed by atoms with Crippen LogP contribution in [0, 0.1) is 0 Å². The predicted octanol–water partition coefficient (Wildman–Crippen LogP) is 2.91. The van der Waals surface area contributed by atoms with Crippen molar-refractivity contribution in [1.82, 2.24) is 4.98 Å². The lowest BCUT2D eigenvalue weighted by molar-refractivity contribution is 0.398. The molecule has 1 aliphatic rings. The van der Waals surface area contributed by atoms with Gasteiger partial charge in [-0.2, -0.15) is 0 Å². The molecule has 2 aromatic rings. The Kier molecular flexibility index (Phi) is 2.52. The molecule has 18 heavy (non-hydrogen) atoms. The van der Waals surface area contributed by atoms with E-state index in [-0.39, 0.29) is 0 Å². The Hall–Kier alpha value is -2.29. The van der Waals surface area contributed by atoms with E-state index in [9.17, 15) is 0 Å². The summed E-state index contributed by atoms with van der Waals surface area (Å²) in [5, 5.41) is 0. The van der Waals surface area contributed by atoms with Crippen LogP contribution in [0.1, 0.15) is 11.1 Å². The van der Waals surface area contributed by atoms with Crippen molar-refractivity contribution >= 4 is 11.8 Å². The van der Waals surface area contributed by atoms with Crippen LogP contribution in [0.5, 0.6) is 5.88 Å². The number of hydrogen-bond donors (Lipinski definition) is 1. The fourth-order valence-electron chi connectivity index (χ4n) is 2.30. The first-order chi connectivity index (χ1) is 8.79. The third-order valence-corrected chi connectivity index (χ3v) is 3.25. The second-order valence-electron chi connectivity index (χ2n) is 4.29. The van der Waals surface area contributed by atoms with Crippen molar-refractivity contribution in [3.05, 3.63) is 47.7 Å². The monoisotopic (exact) mass is 238 g/mol. The van der Waals surface area contributed by atoms with Crippen LogP contribution in [0.3, 0.4) is 0 Å². The highest BCUT2D eigenvalue weighted by molar-refractivity contribution is 5.86. The summed E-state index contributed by atoms with van der Waals surface area (Å²) >= 11 is 0. The van der Waals surface area contributed by atoms with Gasteiger partial charge in [0.15, 0.2) is 0 Å². The van der Waals surface area contributed by atoms with E-state index in [0.29, 0.717) is 5.88 Å². The number of nitrogens with two attached hydrogens (primary N) is 1. The molecule has 0 amide bonds. The summed E-state index contributed by atoms with van der Waals surface area (Å²) in [4.78, 5) is 4.11. The molecule has 0 atom stereocenters. The van der Waals surface area contributed by atoms with E-state index >= 15 is 0 Å². The highest BCUT2D eigenvalue weighted by Gasteiger charge is 2.13. The van der Waals surface area contributed by atoms with E-state index in [1.54, 1.807) is 13.3 Å². The lowest BCUT2D eigenvalue weighted by Gasteiger charge is -2.11. The van der Waals surface area contributed by atoms with E-state index in [1.165, 1.54) is 5.56 Å². The van der Waals surface area contributed by atoms with Crippen molar-refractivity contribution < 1.29 is 4.74 Å². The SMILES string of the molecule is COc1cc(-c2ccc3c(c2N)C=CC3)ccn1. The second-order valence-corrected chi connectivity index (χ2v) is 4.29. The van der Waals surface area contributed by atoms with Gasteiger partial charge in [-0.15, -0.1) is 0 Å². The molecule has 0 unspecified atom stereocenters. The Balaban J connectivity index is 2.14. The first-order valence-electron chi connectivity index (χ1n) is 5.88. The molecular formula is C15H14N2O. The predicted molar refractivity (Wildman–Crippen MR) is 73.4 cm³/mol. The average Bonchev–Trinajstić information content (AvgIpc) is 2.88. The molecule has 1 heterocycles. The Bertz CT molecular complexity index is 632. The van der Waals surface area contributed by atoms with Crippen LogP contribution >= 0.6 is 0 Å². The molecule has 0 fully saturated rings. The largest absolute Gasteiger partial charge is 0.481 e. The standard InChI is InChI=1S/C15H14N2O/c1-18-14-9-11(7-8-17-14)13-6-5-10-3-2-4-12(10)15(13)16/h2,4-9H,3,16H2,1H3. The van der Waals surface area contributed by atoms with Crippen molar-refractivity contribution in [3.8, 4) is 17.0 Å². The number of methoxy groups -OCH3 is 1. The van der Waals surface area contributed by atoms with E-state index < -0.39 is 0 Å². The Morgan fingerprint density at radius 2 is 2.17 bits per heavy atom. The third kappa shape index (κ3) is 1.64. The molecule has 3 nitrogen and oxygen atoms in total. The highest BCUT2D eigenvalue weighted by Crippen LogP contribution is 2.35. The van der Waals surface area contributed by atoms with E-state index in [2.05, 4.69) is 29.3 Å². The van der Waals surface area contributed by atoms with Gasteiger partial charge in [0.1, 0.15) is 0 Å². The van der Waals surface area contributed by atoms with Crippen LogP contribution in [0.4, 0.5) is 5.69 Å². The van der Waals surface area contributed by atoms with Gasteiger partial charge in [0.2, 0.25) is 5.88 Å². The molecule has 1 aromatic heterocycles. The van der Waals surface area contributed by atoms with Gasteiger partial charge >= 0.3 is 0 Å². The normalized spacial score (nSPS) is 12.5. The summed E-state index contributed by atoms with van der Waals surface area (Å²) in [6.45, 7) is 0. The van der Waals surface area contributed by atoms with Gasteiger partial charge in [0.05, 0.1) is 7.11 Å². The van der Waals surface area contributed by atoms with Gasteiger partial charge in [-0.05, 0) is 23.6 Å². The summed E-state index contributed by atoms with van der Waals surface area (Å²) in [7, 11) is 1.61. The van der Waals surface area contributed by atoms with Crippen molar-refractivity contribution in [3.63, 3.8) is 0 Å². The van der Waals surface area contributed by atoms with Crippen LogP contribution in [-0.2, 0) is 6.42 Å². The molecular weight excluding hydrogens is 224 g/mol. The van der Waals surface area contributed by atoms with Gasteiger partial charge in [-0.1, -0.05) is 24.3 Å². The molecule has 1 aromatic carbocycles. The van der Waals surface area contributed by atoms with E-state index in [1.807, 2.05) is 12.1 Å². The maximum absolute atomic E-state index is 6.25. The molecule has 0 radical (unpaired) electrons. The Morgan fingerprint density at radius 3 is 3.00 bits per heavy atom. The fourth-order valence-corrected chi connectivity index (χ4v) is 2.30. The lowest BCUT2D eigenvalue weighted by Crippen LogP contribution is -1.96. The second kappa shape index (κ2) is 4.18. The number of fused-ring (bicyclic) bond motifs is 1. The van der Waals surface area contributed by atoms with E-state index in [0.717, 1.165) is 28.8 Å². The molecule has 1 aliphatic carbocycles. The minimum absolute atomic E-state index is 0.600. The van der Waals surface area contributed by atoms with Gasteiger partial charge in [-0.3, -0.25) is 0 Å². The van der Waals surface area contributed by atoms with Crippen molar-refractivity contribution in [2.24, 2.45) is 0 Å². The molecule has 0 saturated carbocycles. The smallest absolute Gasteiger partial charge is 0.213 e. The van der Waals surface area contributed by atoms with Crippen LogP contribution in [-0.4, -0.2) is 12.1 Å². The number of hydrogen-bond acceptors (Lipinski definition) is 3. The fraction of sp³-hybridized carbons (Fsp3) is 0.133. The number of nitrogens with zero attached hydrogens (tertiary/aromatic N) is 1. The lowest BCUT2D eigenvalue weighted by atomic mass is 9.98. The number of anilines is 1. The van der Waals surface area contributed by atoms with Crippen LogP contribution < -0.4 is 10.5 Å². The maximum atomic E-state index is 6.25. The third-order valence-electron chi connectivity index (χ3n) is 3.25. The van der Waals surface area contributed by atoms with Gasteiger partial charge in [0.25, 0.3) is 0 Å². The van der Waals surface area contributed by atoms with Gasteiger partial charge < -0.3 is 10.5 Å². The van der Waals surface area contributed by atoms with Gasteiger partial charge in [-0.25, -0.2) is 4.98 Å². The topological polar surface area (TPSA) is 48.1 Å². The first kappa shape index (κ1) is 10.8. The molecule has 3 heteroatoms. The summed E-state index contributed by atoms with van der Waals surface area (Å²) in [5.74, 6) is 0.600. The number of benzene rings is 1. The number of nitrogen functional groups attached to an aromatic ring is 1. The molecule has 0 spiro atoms. The quantitative estimate of drug-likeness (QED) is 0.818. The molecule has 0 bridgehead atoms. The van der Waals surface area contributed by atoms with Crippen LogP contribution in [0.25, 0.3) is 17.2 Å². The highest BCUT2D eigenvalue weighted by atomic mass is 16.5. The number of ether oxygens (including phenoxy) is 1. The first-order valence-corrected chi connectivity index (χ1v) is 5.88. The molecule has 2 N–H and O–H groups in total. The summed E-state index contributed by atoms with van der Waals surface area (Å²) in [6.07, 6.45) is 6.93. The Labute approximate surface area is 106 Å². The molecule has 90 valence electrons. The molecule has 0 saturated heterocycles. The summed E-state index contributed by atoms with van der Waals surface area (Å²) < 4.78 is 5.14. The van der Waals surface area contributed by atoms with Crippen LogP contribution in [0.2, 0.25) is 0 Å². The number of rotatable bonds is 2. The number of pyridine rings is 1. The summed E-state index contributed by atoms with van der Waals surface area (Å²) in [5.41, 5.74) is 11.6. The average molecular weight is 238 g/mol. The summed E-state index contributed by atoms with van der Waals surface area (Å²) in [6, 6.07) is 8.04. The number of aromatic nitrogens is 1. The zero-order valence-electron chi connectivity index (χ0n) is 10.2. The van der Waals surface area contributed by atoms with Crippen molar-refractivity contribution in [2.45, 2.75) is 6.42 Å². The maximum Gasteiger partial charge on any atom is 0.213 e. The van der Waals surface area contributed by atoms with E-state index in [4.69, 9.17) is 10.5 Å². The minimum Gasteiger partial charge on any atom is -0.481 e. The Morgan fingerprint density at radius 1 is 1.28 bits per heavy atom. The molecule has 0 aliphatic heterocycles. The zero-order chi connectivity index (χ0) is 12.5. The van der Waals surface area contributed by atoms with Crippen LogP contribution in [0.15, 0.2) is 36.5 Å². The molecule has 3 rings (SSSR count). The number of allylic oxidation sites excluding steroid dienone is 1. The zero-order valence-corrected chi connectivity index (χ0v) is 10.2. The van der Waals surface area contributed by atoms with Crippen molar-refractivity contribution in [2.75, 3.05) is 12.8 Å². The van der Waals surface area contributed by atoms with Crippen molar-refractivity contribution in [1.29, 1.82) is 0 Å². The minimum atomic E-state index is 0.600. The van der Waals surface area contributed by atoms with Gasteiger partial charge in [0, 0.05) is 29.1 Å².